The largest absolute Gasteiger partial charge is 0.387 e. The topological polar surface area (TPSA) is 89.9 Å². The Labute approximate surface area is 146 Å². The van der Waals surface area contributed by atoms with Crippen molar-refractivity contribution in [3.05, 3.63) is 71.3 Å². The molecule has 132 valence electrons. The number of aliphatic hydroxyl groups excluding tert-OH is 1. The van der Waals surface area contributed by atoms with Crippen molar-refractivity contribution in [2.24, 2.45) is 0 Å². The van der Waals surface area contributed by atoms with E-state index >= 15 is 0 Å². The number of hydrogen-bond donors (Lipinski definition) is 1. The average molecular weight is 362 g/mol. The number of aliphatic hydroxyl groups is 1. The van der Waals surface area contributed by atoms with Crippen LogP contribution in [0.4, 0.5) is 0 Å². The summed E-state index contributed by atoms with van der Waals surface area (Å²) >= 11 is 0. The molecule has 0 amide bonds. The lowest BCUT2D eigenvalue weighted by Crippen LogP contribution is -2.31. The van der Waals surface area contributed by atoms with Crippen molar-refractivity contribution in [1.82, 2.24) is 0 Å². The summed E-state index contributed by atoms with van der Waals surface area (Å²) in [6.45, 7) is -0.0766. The lowest BCUT2D eigenvalue weighted by molar-refractivity contribution is 0.0289. The van der Waals surface area contributed by atoms with Crippen LogP contribution in [0.1, 0.15) is 27.6 Å². The number of hydrogen-bond acceptors (Lipinski definition) is 6. The van der Waals surface area contributed by atoms with Crippen LogP contribution in [0.25, 0.3) is 0 Å². The van der Waals surface area contributed by atoms with Gasteiger partial charge in [-0.15, -0.1) is 0 Å². The second kappa shape index (κ2) is 7.05. The van der Waals surface area contributed by atoms with E-state index in [4.69, 9.17) is 8.92 Å². The zero-order valence-electron chi connectivity index (χ0n) is 13.5. The smallest absolute Gasteiger partial charge is 0.264 e. The number of ketones is 1. The van der Waals surface area contributed by atoms with E-state index < -0.39 is 28.4 Å². The zero-order valence-corrected chi connectivity index (χ0v) is 14.3. The molecule has 1 aliphatic heterocycles. The van der Waals surface area contributed by atoms with Gasteiger partial charge in [0.15, 0.2) is 5.78 Å². The standard InChI is InChI=1S/C18H18O6S/c1-25(21,22)24-15-11-23-18(17(15)20)14-10-6-5-9-13(14)16(19)12-7-3-2-4-8-12/h2-10,15,17-18,20H,11H2,1H3/t15-,17-,18+/m0/s1. The van der Waals surface area contributed by atoms with Gasteiger partial charge in [0.1, 0.15) is 18.3 Å². The van der Waals surface area contributed by atoms with Crippen LogP contribution >= 0.6 is 0 Å². The van der Waals surface area contributed by atoms with Crippen LogP contribution in [0.2, 0.25) is 0 Å². The van der Waals surface area contributed by atoms with E-state index in [-0.39, 0.29) is 12.4 Å². The Morgan fingerprint density at radius 2 is 1.76 bits per heavy atom. The van der Waals surface area contributed by atoms with Crippen molar-refractivity contribution in [2.75, 3.05) is 12.9 Å². The third-order valence-corrected chi connectivity index (χ3v) is 4.57. The number of benzene rings is 2. The van der Waals surface area contributed by atoms with E-state index in [1.807, 2.05) is 6.07 Å². The molecule has 2 aromatic rings. The quantitative estimate of drug-likeness (QED) is 0.643. The maximum atomic E-state index is 12.8. The van der Waals surface area contributed by atoms with Gasteiger partial charge in [0.25, 0.3) is 10.1 Å². The van der Waals surface area contributed by atoms with E-state index in [1.54, 1.807) is 48.5 Å². The van der Waals surface area contributed by atoms with Gasteiger partial charge in [-0.1, -0.05) is 54.6 Å². The third kappa shape index (κ3) is 3.96. The van der Waals surface area contributed by atoms with Crippen LogP contribution in [0.5, 0.6) is 0 Å². The highest BCUT2D eigenvalue weighted by Crippen LogP contribution is 2.34. The van der Waals surface area contributed by atoms with Gasteiger partial charge in [-0.25, -0.2) is 0 Å². The lowest BCUT2D eigenvalue weighted by atomic mass is 9.93. The van der Waals surface area contributed by atoms with Crippen LogP contribution in [-0.4, -0.2) is 44.4 Å². The minimum atomic E-state index is -3.72. The molecule has 1 fully saturated rings. The normalized spacial score (nSPS) is 23.5. The SMILES string of the molecule is CS(=O)(=O)O[C@H]1CO[C@H](c2ccccc2C(=O)c2ccccc2)[C@H]1O. The number of rotatable bonds is 5. The Hall–Kier alpha value is -2.06. The van der Waals surface area contributed by atoms with Crippen molar-refractivity contribution < 1.29 is 27.2 Å². The minimum absolute atomic E-state index is 0.0766. The van der Waals surface area contributed by atoms with Crippen LogP contribution < -0.4 is 0 Å². The molecule has 0 bridgehead atoms. The van der Waals surface area contributed by atoms with E-state index in [9.17, 15) is 18.3 Å². The van der Waals surface area contributed by atoms with Gasteiger partial charge in [0.2, 0.25) is 0 Å². The molecule has 0 aliphatic carbocycles. The van der Waals surface area contributed by atoms with E-state index in [2.05, 4.69) is 0 Å². The third-order valence-electron chi connectivity index (χ3n) is 3.98. The van der Waals surface area contributed by atoms with Crippen LogP contribution in [0.3, 0.4) is 0 Å². The van der Waals surface area contributed by atoms with Gasteiger partial charge in [0, 0.05) is 11.1 Å². The van der Waals surface area contributed by atoms with E-state index in [0.717, 1.165) is 6.26 Å². The van der Waals surface area contributed by atoms with Gasteiger partial charge in [-0.3, -0.25) is 8.98 Å². The van der Waals surface area contributed by atoms with Gasteiger partial charge < -0.3 is 9.84 Å². The monoisotopic (exact) mass is 362 g/mol. The summed E-state index contributed by atoms with van der Waals surface area (Å²) in [5.74, 6) is -0.195. The van der Waals surface area contributed by atoms with E-state index in [0.29, 0.717) is 16.7 Å². The second-order valence-electron chi connectivity index (χ2n) is 5.87. The number of carbonyl (C=O) groups excluding carboxylic acids is 1. The fourth-order valence-electron chi connectivity index (χ4n) is 2.87. The summed E-state index contributed by atoms with van der Waals surface area (Å²) < 4.78 is 33.0. The Bertz CT molecular complexity index is 862. The predicted molar refractivity (Wildman–Crippen MR) is 90.7 cm³/mol. The number of ether oxygens (including phenoxy) is 1. The Balaban J connectivity index is 1.90. The van der Waals surface area contributed by atoms with Crippen molar-refractivity contribution >= 4 is 15.9 Å². The first kappa shape index (κ1) is 17.8. The molecule has 0 saturated carbocycles. The zero-order chi connectivity index (χ0) is 18.0. The molecule has 25 heavy (non-hydrogen) atoms. The fraction of sp³-hybridized carbons (Fsp3) is 0.278. The van der Waals surface area contributed by atoms with Crippen LogP contribution in [-0.2, 0) is 19.0 Å². The van der Waals surface area contributed by atoms with Crippen molar-refractivity contribution in [3.8, 4) is 0 Å². The molecule has 0 spiro atoms. The highest BCUT2D eigenvalue weighted by molar-refractivity contribution is 7.86. The molecular weight excluding hydrogens is 344 g/mol. The van der Waals surface area contributed by atoms with Gasteiger partial charge in [-0.05, 0) is 5.56 Å². The molecule has 1 saturated heterocycles. The Morgan fingerprint density at radius 3 is 2.44 bits per heavy atom. The van der Waals surface area contributed by atoms with Gasteiger partial charge in [0.05, 0.1) is 12.9 Å². The molecule has 1 N–H and O–H groups in total. The molecule has 1 aliphatic rings. The van der Waals surface area contributed by atoms with Crippen molar-refractivity contribution in [3.63, 3.8) is 0 Å². The fourth-order valence-corrected chi connectivity index (χ4v) is 3.49. The van der Waals surface area contributed by atoms with Crippen molar-refractivity contribution in [2.45, 2.75) is 18.3 Å². The van der Waals surface area contributed by atoms with Crippen molar-refractivity contribution in [1.29, 1.82) is 0 Å². The first-order chi connectivity index (χ1) is 11.9. The maximum Gasteiger partial charge on any atom is 0.264 e. The second-order valence-corrected chi connectivity index (χ2v) is 7.47. The first-order valence-corrected chi connectivity index (χ1v) is 9.55. The van der Waals surface area contributed by atoms with Crippen LogP contribution in [0.15, 0.2) is 54.6 Å². The average Bonchev–Trinajstić information content (AvgIpc) is 2.94. The van der Waals surface area contributed by atoms with E-state index in [1.165, 1.54) is 0 Å². The lowest BCUT2D eigenvalue weighted by Gasteiger charge is -2.19. The van der Waals surface area contributed by atoms with Gasteiger partial charge >= 0.3 is 0 Å². The Morgan fingerprint density at radius 1 is 1.12 bits per heavy atom. The molecule has 3 rings (SSSR count). The highest BCUT2D eigenvalue weighted by atomic mass is 32.2. The summed E-state index contributed by atoms with van der Waals surface area (Å²) in [5, 5.41) is 10.4. The molecule has 3 atom stereocenters. The first-order valence-electron chi connectivity index (χ1n) is 7.73. The predicted octanol–water partition coefficient (Wildman–Crippen LogP) is 1.69. The molecule has 6 nitrogen and oxygen atoms in total. The molecular formula is C18H18O6S. The minimum Gasteiger partial charge on any atom is -0.387 e. The molecule has 2 aromatic carbocycles. The van der Waals surface area contributed by atoms with Crippen LogP contribution in [0, 0.1) is 0 Å². The molecule has 1 heterocycles. The molecule has 0 aromatic heterocycles. The summed E-state index contributed by atoms with van der Waals surface area (Å²) in [6.07, 6.45) is -2.12. The highest BCUT2D eigenvalue weighted by Gasteiger charge is 2.41. The molecule has 7 heteroatoms. The number of carbonyl (C=O) groups is 1. The summed E-state index contributed by atoms with van der Waals surface area (Å²) in [4.78, 5) is 12.8. The molecule has 0 unspecified atom stereocenters. The molecule has 0 radical (unpaired) electrons. The summed E-state index contributed by atoms with van der Waals surface area (Å²) in [6, 6.07) is 15.6. The maximum absolute atomic E-state index is 12.8. The van der Waals surface area contributed by atoms with Gasteiger partial charge in [-0.2, -0.15) is 8.42 Å². The summed E-state index contributed by atoms with van der Waals surface area (Å²) in [5.41, 5.74) is 1.42. The summed E-state index contributed by atoms with van der Waals surface area (Å²) in [7, 11) is -3.72. The Kier molecular flexibility index (Phi) is 5.01.